The molecule has 0 atom stereocenters. The summed E-state index contributed by atoms with van der Waals surface area (Å²) in [5, 5.41) is 14.0. The van der Waals surface area contributed by atoms with Crippen LogP contribution in [0.3, 0.4) is 0 Å². The number of benzene rings is 2. The van der Waals surface area contributed by atoms with E-state index in [0.717, 1.165) is 17.2 Å². The molecule has 0 fully saturated rings. The Kier molecular flexibility index (Phi) is 4.49. The van der Waals surface area contributed by atoms with Gasteiger partial charge in [-0.3, -0.25) is 10.1 Å². The van der Waals surface area contributed by atoms with Crippen LogP contribution in [0.2, 0.25) is 0 Å². The highest BCUT2D eigenvalue weighted by Gasteiger charge is 2.20. The Bertz CT molecular complexity index is 674. The SMILES string of the molecule is CNCc1ccc(Oc2c(F)cccc2[N+](=O)[O-])c(C)c1. The summed E-state index contributed by atoms with van der Waals surface area (Å²) in [6.07, 6.45) is 0. The topological polar surface area (TPSA) is 64.4 Å². The lowest BCUT2D eigenvalue weighted by atomic mass is 10.1. The molecule has 0 unspecified atom stereocenters. The average Bonchev–Trinajstić information content (AvgIpc) is 2.43. The highest BCUT2D eigenvalue weighted by molar-refractivity contribution is 5.50. The molecule has 0 aliphatic carbocycles. The fourth-order valence-corrected chi connectivity index (χ4v) is 1.99. The minimum atomic E-state index is -0.761. The van der Waals surface area contributed by atoms with Crippen LogP contribution < -0.4 is 10.1 Å². The zero-order chi connectivity index (χ0) is 15.4. The minimum Gasteiger partial charge on any atom is -0.447 e. The van der Waals surface area contributed by atoms with Crippen molar-refractivity contribution in [2.75, 3.05) is 7.05 Å². The van der Waals surface area contributed by atoms with Crippen LogP contribution in [0.15, 0.2) is 36.4 Å². The lowest BCUT2D eigenvalue weighted by molar-refractivity contribution is -0.385. The number of nitrogens with zero attached hydrogens (tertiary/aromatic N) is 1. The van der Waals surface area contributed by atoms with Crippen molar-refractivity contribution in [1.82, 2.24) is 5.32 Å². The van der Waals surface area contributed by atoms with Crippen LogP contribution in [0.4, 0.5) is 10.1 Å². The molecule has 0 amide bonds. The molecule has 0 saturated carbocycles. The summed E-state index contributed by atoms with van der Waals surface area (Å²) >= 11 is 0. The van der Waals surface area contributed by atoms with E-state index in [1.807, 2.05) is 19.2 Å². The first-order valence-electron chi connectivity index (χ1n) is 6.38. The minimum absolute atomic E-state index is 0.369. The van der Waals surface area contributed by atoms with Crippen LogP contribution in [-0.4, -0.2) is 12.0 Å². The molecule has 2 aromatic rings. The maximum Gasteiger partial charge on any atom is 0.314 e. The fraction of sp³-hybridized carbons (Fsp3) is 0.200. The number of nitrogens with one attached hydrogen (secondary N) is 1. The van der Waals surface area contributed by atoms with Gasteiger partial charge >= 0.3 is 5.69 Å². The van der Waals surface area contributed by atoms with Crippen LogP contribution in [0, 0.1) is 22.9 Å². The maximum atomic E-state index is 13.8. The Hall–Kier alpha value is -2.47. The molecule has 0 saturated heterocycles. The van der Waals surface area contributed by atoms with Crippen LogP contribution >= 0.6 is 0 Å². The summed E-state index contributed by atoms with van der Waals surface area (Å²) in [5.41, 5.74) is 1.43. The first kappa shape index (κ1) is 14.9. The highest BCUT2D eigenvalue weighted by Crippen LogP contribution is 2.35. The Balaban J connectivity index is 2.37. The van der Waals surface area contributed by atoms with Gasteiger partial charge in [-0.15, -0.1) is 0 Å². The number of hydrogen-bond donors (Lipinski definition) is 1. The Morgan fingerprint density at radius 1 is 1.33 bits per heavy atom. The summed E-state index contributed by atoms with van der Waals surface area (Å²) in [5.74, 6) is -0.738. The van der Waals surface area contributed by atoms with Crippen molar-refractivity contribution in [3.63, 3.8) is 0 Å². The molecule has 5 nitrogen and oxygen atoms in total. The molecule has 1 N–H and O–H groups in total. The second kappa shape index (κ2) is 6.32. The van der Waals surface area contributed by atoms with Gasteiger partial charge in [-0.05, 0) is 37.2 Å². The molecule has 2 rings (SSSR count). The quantitative estimate of drug-likeness (QED) is 0.675. The molecule has 6 heteroatoms. The highest BCUT2D eigenvalue weighted by atomic mass is 19.1. The van der Waals surface area contributed by atoms with Crippen LogP contribution in [0.25, 0.3) is 0 Å². The number of para-hydroxylation sites is 1. The van der Waals surface area contributed by atoms with Crippen molar-refractivity contribution < 1.29 is 14.1 Å². The van der Waals surface area contributed by atoms with Crippen LogP contribution in [-0.2, 0) is 6.54 Å². The molecule has 0 aromatic heterocycles. The predicted octanol–water partition coefficient (Wildman–Crippen LogP) is 3.55. The van der Waals surface area contributed by atoms with E-state index in [4.69, 9.17) is 4.74 Å². The number of rotatable bonds is 5. The number of halogens is 1. The summed E-state index contributed by atoms with van der Waals surface area (Å²) in [6, 6.07) is 9.02. The number of nitro benzene ring substituents is 1. The van der Waals surface area contributed by atoms with Gasteiger partial charge in [-0.25, -0.2) is 4.39 Å². The smallest absolute Gasteiger partial charge is 0.314 e. The van der Waals surface area contributed by atoms with Gasteiger partial charge in [0, 0.05) is 12.6 Å². The van der Waals surface area contributed by atoms with E-state index in [9.17, 15) is 14.5 Å². The maximum absolute atomic E-state index is 13.8. The van der Waals surface area contributed by atoms with E-state index in [2.05, 4.69) is 5.32 Å². The van der Waals surface area contributed by atoms with Gasteiger partial charge in [0.1, 0.15) is 5.75 Å². The molecule has 110 valence electrons. The van der Waals surface area contributed by atoms with Crippen LogP contribution in [0.5, 0.6) is 11.5 Å². The Morgan fingerprint density at radius 2 is 2.10 bits per heavy atom. The van der Waals surface area contributed by atoms with Gasteiger partial charge in [0.25, 0.3) is 0 Å². The molecule has 0 radical (unpaired) electrons. The first-order valence-corrected chi connectivity index (χ1v) is 6.38. The first-order chi connectivity index (χ1) is 10.0. The van der Waals surface area contributed by atoms with E-state index < -0.39 is 16.4 Å². The number of ether oxygens (including phenoxy) is 1. The van der Waals surface area contributed by atoms with E-state index in [1.165, 1.54) is 12.1 Å². The average molecular weight is 290 g/mol. The molecule has 0 aliphatic heterocycles. The third-order valence-corrected chi connectivity index (χ3v) is 2.98. The van der Waals surface area contributed by atoms with Gasteiger partial charge in [0.2, 0.25) is 5.75 Å². The van der Waals surface area contributed by atoms with Crippen molar-refractivity contribution in [3.8, 4) is 11.5 Å². The molecule has 0 spiro atoms. The second-order valence-electron chi connectivity index (χ2n) is 4.58. The van der Waals surface area contributed by atoms with Crippen molar-refractivity contribution in [1.29, 1.82) is 0 Å². The van der Waals surface area contributed by atoms with E-state index in [-0.39, 0.29) is 5.75 Å². The largest absolute Gasteiger partial charge is 0.447 e. The number of nitro groups is 1. The van der Waals surface area contributed by atoms with Crippen molar-refractivity contribution in [2.45, 2.75) is 13.5 Å². The van der Waals surface area contributed by atoms with Crippen molar-refractivity contribution in [3.05, 3.63) is 63.5 Å². The van der Waals surface area contributed by atoms with Gasteiger partial charge in [-0.1, -0.05) is 18.2 Å². The predicted molar refractivity (Wildman–Crippen MR) is 77.1 cm³/mol. The number of aryl methyl sites for hydroxylation is 1. The van der Waals surface area contributed by atoms with E-state index in [0.29, 0.717) is 12.3 Å². The summed E-state index contributed by atoms with van der Waals surface area (Å²) in [4.78, 5) is 10.3. The van der Waals surface area contributed by atoms with Gasteiger partial charge in [0.15, 0.2) is 5.82 Å². The third-order valence-electron chi connectivity index (χ3n) is 2.98. The zero-order valence-corrected chi connectivity index (χ0v) is 11.7. The van der Waals surface area contributed by atoms with Gasteiger partial charge < -0.3 is 10.1 Å². The van der Waals surface area contributed by atoms with Crippen LogP contribution in [0.1, 0.15) is 11.1 Å². The van der Waals surface area contributed by atoms with E-state index in [1.54, 1.807) is 13.0 Å². The van der Waals surface area contributed by atoms with Crippen molar-refractivity contribution in [2.24, 2.45) is 0 Å². The lowest BCUT2D eigenvalue weighted by Gasteiger charge is -2.11. The zero-order valence-electron chi connectivity index (χ0n) is 11.7. The second-order valence-corrected chi connectivity index (χ2v) is 4.58. The molecule has 0 aliphatic rings. The van der Waals surface area contributed by atoms with Crippen molar-refractivity contribution >= 4 is 5.69 Å². The summed E-state index contributed by atoms with van der Waals surface area (Å²) in [6.45, 7) is 2.50. The number of hydrogen-bond acceptors (Lipinski definition) is 4. The molecule has 2 aromatic carbocycles. The standard InChI is InChI=1S/C15H15FN2O3/c1-10-8-11(9-17-2)6-7-14(10)21-15-12(16)4-3-5-13(15)18(19)20/h3-8,17H,9H2,1-2H3. The normalized spacial score (nSPS) is 10.4. The Morgan fingerprint density at radius 3 is 2.71 bits per heavy atom. The molecule has 21 heavy (non-hydrogen) atoms. The molecular formula is C15H15FN2O3. The van der Waals surface area contributed by atoms with Gasteiger partial charge in [-0.2, -0.15) is 0 Å². The Labute approximate surface area is 121 Å². The lowest BCUT2D eigenvalue weighted by Crippen LogP contribution is -2.05. The van der Waals surface area contributed by atoms with E-state index >= 15 is 0 Å². The molecule has 0 heterocycles. The summed E-state index contributed by atoms with van der Waals surface area (Å²) < 4.78 is 19.2. The fourth-order valence-electron chi connectivity index (χ4n) is 1.99. The molecular weight excluding hydrogens is 275 g/mol. The third kappa shape index (κ3) is 3.35. The molecule has 0 bridgehead atoms. The monoisotopic (exact) mass is 290 g/mol. The summed E-state index contributed by atoms with van der Waals surface area (Å²) in [7, 11) is 1.84. The van der Waals surface area contributed by atoms with Gasteiger partial charge in [0.05, 0.1) is 4.92 Å².